The summed E-state index contributed by atoms with van der Waals surface area (Å²) in [6.07, 6.45) is 0.701. The van der Waals surface area contributed by atoms with Gasteiger partial charge in [-0.3, -0.25) is 10.1 Å². The zero-order valence-corrected chi connectivity index (χ0v) is 13.4. The van der Waals surface area contributed by atoms with Crippen LogP contribution in [0.4, 0.5) is 5.69 Å². The van der Waals surface area contributed by atoms with Gasteiger partial charge in [-0.25, -0.2) is 9.67 Å². The molecule has 0 fully saturated rings. The second-order valence-electron chi connectivity index (χ2n) is 5.39. The van der Waals surface area contributed by atoms with Crippen molar-refractivity contribution in [1.29, 1.82) is 0 Å². The minimum atomic E-state index is -0.783. The maximum absolute atomic E-state index is 10.9. The van der Waals surface area contributed by atoms with Gasteiger partial charge >= 0.3 is 0 Å². The lowest BCUT2D eigenvalue weighted by Gasteiger charge is -2.11. The number of nitro benzene ring substituents is 1. The van der Waals surface area contributed by atoms with Crippen molar-refractivity contribution in [3.05, 3.63) is 70.5 Å². The smallest absolute Gasteiger partial charge is 0.270 e. The number of benzene rings is 2. The number of hydrogen-bond donors (Lipinski definition) is 1. The highest BCUT2D eigenvalue weighted by atomic mass is 16.6. The van der Waals surface area contributed by atoms with Gasteiger partial charge in [-0.05, 0) is 17.7 Å². The monoisotopic (exact) mass is 340 g/mol. The second kappa shape index (κ2) is 7.10. The Kier molecular flexibility index (Phi) is 4.71. The first kappa shape index (κ1) is 16.6. The van der Waals surface area contributed by atoms with Gasteiger partial charge in [0.25, 0.3) is 5.69 Å². The van der Waals surface area contributed by atoms with Crippen LogP contribution < -0.4 is 4.74 Å². The fourth-order valence-electron chi connectivity index (χ4n) is 2.40. The van der Waals surface area contributed by atoms with Crippen molar-refractivity contribution in [3.8, 4) is 17.1 Å². The molecule has 8 heteroatoms. The Morgan fingerprint density at radius 3 is 2.84 bits per heavy atom. The molecule has 0 spiro atoms. The van der Waals surface area contributed by atoms with E-state index in [1.54, 1.807) is 43.5 Å². The number of ether oxygens (including phenoxy) is 1. The Hall–Kier alpha value is -3.26. The molecule has 1 N–H and O–H groups in total. The van der Waals surface area contributed by atoms with E-state index >= 15 is 0 Å². The summed E-state index contributed by atoms with van der Waals surface area (Å²) in [6, 6.07) is 13.3. The SMILES string of the molecule is COc1cccc([C@@H](O)Cn2cnc(-c3cccc([N+](=O)[O-])c3)n2)c1. The highest BCUT2D eigenvalue weighted by Gasteiger charge is 2.13. The molecule has 0 aliphatic carbocycles. The third-order valence-corrected chi connectivity index (χ3v) is 3.69. The van der Waals surface area contributed by atoms with E-state index in [2.05, 4.69) is 10.1 Å². The van der Waals surface area contributed by atoms with Crippen LogP contribution >= 0.6 is 0 Å². The summed E-state index contributed by atoms with van der Waals surface area (Å²) in [5.74, 6) is 1.02. The molecule has 25 heavy (non-hydrogen) atoms. The molecule has 8 nitrogen and oxygen atoms in total. The number of rotatable bonds is 6. The summed E-state index contributed by atoms with van der Waals surface area (Å²) < 4.78 is 6.65. The van der Waals surface area contributed by atoms with Crippen LogP contribution in [0, 0.1) is 10.1 Å². The summed E-state index contributed by atoms with van der Waals surface area (Å²) in [5.41, 5.74) is 1.22. The topological polar surface area (TPSA) is 103 Å². The third kappa shape index (κ3) is 3.81. The molecule has 0 aliphatic heterocycles. The van der Waals surface area contributed by atoms with E-state index in [9.17, 15) is 15.2 Å². The maximum atomic E-state index is 10.9. The Morgan fingerprint density at radius 2 is 2.08 bits per heavy atom. The molecule has 0 saturated heterocycles. The number of hydrogen-bond acceptors (Lipinski definition) is 6. The van der Waals surface area contributed by atoms with Gasteiger partial charge in [-0.15, -0.1) is 0 Å². The van der Waals surface area contributed by atoms with Gasteiger partial charge in [0, 0.05) is 17.7 Å². The van der Waals surface area contributed by atoms with Crippen LogP contribution in [0.25, 0.3) is 11.4 Å². The van der Waals surface area contributed by atoms with Crippen LogP contribution in [0.5, 0.6) is 5.75 Å². The third-order valence-electron chi connectivity index (χ3n) is 3.69. The van der Waals surface area contributed by atoms with Gasteiger partial charge in [0.1, 0.15) is 12.1 Å². The van der Waals surface area contributed by atoms with E-state index in [0.717, 1.165) is 0 Å². The number of aliphatic hydroxyl groups is 1. The van der Waals surface area contributed by atoms with Gasteiger partial charge in [0.05, 0.1) is 24.7 Å². The van der Waals surface area contributed by atoms with Gasteiger partial charge < -0.3 is 9.84 Å². The Morgan fingerprint density at radius 1 is 1.28 bits per heavy atom. The summed E-state index contributed by atoms with van der Waals surface area (Å²) in [7, 11) is 1.56. The van der Waals surface area contributed by atoms with Crippen LogP contribution in [0.2, 0.25) is 0 Å². The van der Waals surface area contributed by atoms with E-state index < -0.39 is 11.0 Å². The number of non-ortho nitro benzene ring substituents is 1. The quantitative estimate of drug-likeness (QED) is 0.546. The molecule has 3 aromatic rings. The summed E-state index contributed by atoms with van der Waals surface area (Å²) in [5, 5.41) is 25.5. The number of aromatic nitrogens is 3. The summed E-state index contributed by atoms with van der Waals surface area (Å²) >= 11 is 0. The highest BCUT2D eigenvalue weighted by Crippen LogP contribution is 2.22. The average molecular weight is 340 g/mol. The van der Waals surface area contributed by atoms with E-state index in [0.29, 0.717) is 22.7 Å². The molecular weight excluding hydrogens is 324 g/mol. The average Bonchev–Trinajstić information content (AvgIpc) is 3.10. The van der Waals surface area contributed by atoms with E-state index in [4.69, 9.17) is 4.74 Å². The normalized spacial score (nSPS) is 11.9. The Bertz CT molecular complexity index is 894. The number of aliphatic hydroxyl groups excluding tert-OH is 1. The Balaban J connectivity index is 1.77. The molecule has 0 saturated carbocycles. The molecule has 1 aromatic heterocycles. The molecule has 0 aliphatic rings. The molecule has 0 bridgehead atoms. The van der Waals surface area contributed by atoms with Crippen molar-refractivity contribution in [2.75, 3.05) is 7.11 Å². The van der Waals surface area contributed by atoms with Crippen molar-refractivity contribution in [2.24, 2.45) is 0 Å². The van der Waals surface area contributed by atoms with Gasteiger partial charge in [-0.2, -0.15) is 5.10 Å². The minimum absolute atomic E-state index is 0.0229. The lowest BCUT2D eigenvalue weighted by Crippen LogP contribution is -2.09. The van der Waals surface area contributed by atoms with E-state index in [1.165, 1.54) is 23.1 Å². The molecule has 1 heterocycles. The first-order chi connectivity index (χ1) is 12.1. The lowest BCUT2D eigenvalue weighted by molar-refractivity contribution is -0.384. The minimum Gasteiger partial charge on any atom is -0.497 e. The van der Waals surface area contributed by atoms with Crippen LogP contribution in [0.15, 0.2) is 54.9 Å². The maximum Gasteiger partial charge on any atom is 0.270 e. The fraction of sp³-hybridized carbons (Fsp3) is 0.176. The standard InChI is InChI=1S/C17H16N4O4/c1-25-15-7-3-4-12(9-15)16(22)10-20-11-18-17(19-20)13-5-2-6-14(8-13)21(23)24/h2-9,11,16,22H,10H2,1H3/t16-/m0/s1. The van der Waals surface area contributed by atoms with Crippen molar-refractivity contribution in [1.82, 2.24) is 14.8 Å². The second-order valence-corrected chi connectivity index (χ2v) is 5.39. The first-order valence-corrected chi connectivity index (χ1v) is 7.53. The van der Waals surface area contributed by atoms with Gasteiger partial charge in [0.2, 0.25) is 0 Å². The van der Waals surface area contributed by atoms with Crippen LogP contribution in [-0.2, 0) is 6.54 Å². The Labute approximate surface area is 143 Å². The van der Waals surface area contributed by atoms with Crippen LogP contribution in [0.1, 0.15) is 11.7 Å². The van der Waals surface area contributed by atoms with Crippen molar-refractivity contribution in [2.45, 2.75) is 12.6 Å². The first-order valence-electron chi connectivity index (χ1n) is 7.53. The van der Waals surface area contributed by atoms with E-state index in [-0.39, 0.29) is 12.2 Å². The summed E-state index contributed by atoms with van der Waals surface area (Å²) in [6.45, 7) is 0.203. The van der Waals surface area contributed by atoms with Crippen molar-refractivity contribution in [3.63, 3.8) is 0 Å². The van der Waals surface area contributed by atoms with Crippen molar-refractivity contribution >= 4 is 5.69 Å². The zero-order valence-electron chi connectivity index (χ0n) is 13.4. The van der Waals surface area contributed by atoms with Crippen LogP contribution in [-0.4, -0.2) is 31.9 Å². The van der Waals surface area contributed by atoms with E-state index in [1.807, 2.05) is 0 Å². The summed E-state index contributed by atoms with van der Waals surface area (Å²) in [4.78, 5) is 14.6. The molecular formula is C17H16N4O4. The highest BCUT2D eigenvalue weighted by molar-refractivity contribution is 5.58. The molecule has 3 rings (SSSR count). The molecule has 1 atom stereocenters. The zero-order chi connectivity index (χ0) is 17.8. The number of methoxy groups -OCH3 is 1. The predicted molar refractivity (Wildman–Crippen MR) is 90.1 cm³/mol. The predicted octanol–water partition coefficient (Wildman–Crippen LogP) is 2.60. The van der Waals surface area contributed by atoms with Gasteiger partial charge in [0.15, 0.2) is 5.82 Å². The van der Waals surface area contributed by atoms with Gasteiger partial charge in [-0.1, -0.05) is 24.3 Å². The number of nitro groups is 1. The molecule has 2 aromatic carbocycles. The fourth-order valence-corrected chi connectivity index (χ4v) is 2.40. The molecule has 128 valence electrons. The van der Waals surface area contributed by atoms with Crippen molar-refractivity contribution < 1.29 is 14.8 Å². The lowest BCUT2D eigenvalue weighted by atomic mass is 10.1. The largest absolute Gasteiger partial charge is 0.497 e. The van der Waals surface area contributed by atoms with Crippen LogP contribution in [0.3, 0.4) is 0 Å². The number of nitrogens with zero attached hydrogens (tertiary/aromatic N) is 4. The molecule has 0 amide bonds. The molecule has 0 unspecified atom stereocenters. The molecule has 0 radical (unpaired) electrons.